The molecule has 3 aromatic rings. The summed E-state index contributed by atoms with van der Waals surface area (Å²) in [6.45, 7) is 1.72. The molecule has 144 valence electrons. The number of H-pyrrole nitrogens is 1. The molecular weight excluding hydrogens is 406 g/mol. The van der Waals surface area contributed by atoms with Gasteiger partial charge in [-0.05, 0) is 49.0 Å². The predicted molar refractivity (Wildman–Crippen MR) is 103 cm³/mol. The van der Waals surface area contributed by atoms with Crippen molar-refractivity contribution in [2.24, 2.45) is 0 Å². The maximum Gasteiger partial charge on any atom is 0.342 e. The highest BCUT2D eigenvalue weighted by atomic mass is 35.5. The number of hydrogen-bond acceptors (Lipinski definition) is 7. The highest BCUT2D eigenvalue weighted by molar-refractivity contribution is 8.04. The van der Waals surface area contributed by atoms with Gasteiger partial charge in [0.15, 0.2) is 0 Å². The molecule has 0 atom stereocenters. The highest BCUT2D eigenvalue weighted by Gasteiger charge is 2.16. The minimum Gasteiger partial charge on any atom is -0.477 e. The molecule has 0 amide bonds. The van der Waals surface area contributed by atoms with Crippen molar-refractivity contribution in [2.75, 3.05) is 7.11 Å². The molecule has 3 rings (SSSR count). The molecule has 2 heterocycles. The zero-order valence-corrected chi connectivity index (χ0v) is 16.3. The van der Waals surface area contributed by atoms with Gasteiger partial charge in [-0.15, -0.1) is 5.10 Å². The topological polar surface area (TPSA) is 118 Å². The second-order valence-electron chi connectivity index (χ2n) is 5.51. The lowest BCUT2D eigenvalue weighted by molar-refractivity contribution is -0.131. The standard InChI is InChI=1S/C18H14ClN3O5S/c1-9-20-18(22-21-9)28-15(16(23)24)8-11-4-6-14(27-11)10-3-5-13(19)12(7-10)17(25)26-2/h3-8H,1-2H3,(H,23,24)(H,20,21,22). The molecule has 10 heteroatoms. The van der Waals surface area contributed by atoms with Crippen LogP contribution in [-0.2, 0) is 9.53 Å². The third kappa shape index (κ3) is 4.44. The molecule has 0 spiro atoms. The number of carbonyl (C=O) groups excluding carboxylic acids is 1. The lowest BCUT2D eigenvalue weighted by atomic mass is 10.1. The summed E-state index contributed by atoms with van der Waals surface area (Å²) in [5, 5.41) is 16.5. The second kappa shape index (κ2) is 8.32. The van der Waals surface area contributed by atoms with Crippen LogP contribution in [0.1, 0.15) is 21.9 Å². The maximum atomic E-state index is 11.8. The van der Waals surface area contributed by atoms with Gasteiger partial charge in [0.25, 0.3) is 0 Å². The highest BCUT2D eigenvalue weighted by Crippen LogP contribution is 2.30. The van der Waals surface area contributed by atoms with Crippen LogP contribution in [0.2, 0.25) is 5.02 Å². The lowest BCUT2D eigenvalue weighted by Crippen LogP contribution is -2.02. The number of hydrogen-bond donors (Lipinski definition) is 2. The molecule has 28 heavy (non-hydrogen) atoms. The van der Waals surface area contributed by atoms with Gasteiger partial charge >= 0.3 is 11.9 Å². The van der Waals surface area contributed by atoms with E-state index in [9.17, 15) is 14.7 Å². The Morgan fingerprint density at radius 3 is 2.75 bits per heavy atom. The molecular formula is C18H14ClN3O5S. The number of methoxy groups -OCH3 is 1. The molecule has 0 aliphatic rings. The normalized spacial score (nSPS) is 11.5. The van der Waals surface area contributed by atoms with Crippen LogP contribution in [0.3, 0.4) is 0 Å². The Hall–Kier alpha value is -3.04. The van der Waals surface area contributed by atoms with E-state index < -0.39 is 11.9 Å². The summed E-state index contributed by atoms with van der Waals surface area (Å²) < 4.78 is 10.4. The molecule has 0 unspecified atom stereocenters. The van der Waals surface area contributed by atoms with Crippen LogP contribution < -0.4 is 0 Å². The van der Waals surface area contributed by atoms with Gasteiger partial charge in [-0.25, -0.2) is 14.6 Å². The van der Waals surface area contributed by atoms with Crippen LogP contribution in [0.4, 0.5) is 0 Å². The monoisotopic (exact) mass is 419 g/mol. The van der Waals surface area contributed by atoms with Crippen molar-refractivity contribution in [1.29, 1.82) is 0 Å². The van der Waals surface area contributed by atoms with E-state index in [4.69, 9.17) is 20.8 Å². The van der Waals surface area contributed by atoms with Gasteiger partial charge in [0.05, 0.1) is 17.7 Å². The van der Waals surface area contributed by atoms with E-state index in [1.54, 1.807) is 37.3 Å². The Morgan fingerprint density at radius 1 is 1.32 bits per heavy atom. The number of carboxylic acids is 1. The second-order valence-corrected chi connectivity index (χ2v) is 6.92. The number of nitrogens with one attached hydrogen (secondary N) is 1. The number of aliphatic carboxylic acids is 1. The van der Waals surface area contributed by atoms with Gasteiger partial charge in [0.2, 0.25) is 5.16 Å². The molecule has 0 radical (unpaired) electrons. The number of carbonyl (C=O) groups is 2. The average Bonchev–Trinajstić information content (AvgIpc) is 3.30. The minimum absolute atomic E-state index is 0.00810. The molecule has 0 aliphatic heterocycles. The largest absolute Gasteiger partial charge is 0.477 e. The summed E-state index contributed by atoms with van der Waals surface area (Å²) in [5.41, 5.74) is 0.801. The third-order valence-corrected chi connectivity index (χ3v) is 4.75. The van der Waals surface area contributed by atoms with Crippen molar-refractivity contribution in [3.63, 3.8) is 0 Å². The molecule has 0 aliphatic carbocycles. The van der Waals surface area contributed by atoms with E-state index >= 15 is 0 Å². The molecule has 2 N–H and O–H groups in total. The van der Waals surface area contributed by atoms with Crippen molar-refractivity contribution in [2.45, 2.75) is 12.1 Å². The summed E-state index contributed by atoms with van der Waals surface area (Å²) in [7, 11) is 1.27. The molecule has 8 nitrogen and oxygen atoms in total. The first-order valence-corrected chi connectivity index (χ1v) is 9.06. The minimum atomic E-state index is -1.13. The van der Waals surface area contributed by atoms with E-state index in [0.29, 0.717) is 28.1 Å². The van der Waals surface area contributed by atoms with Crippen LogP contribution in [0.15, 0.2) is 44.8 Å². The Morgan fingerprint density at radius 2 is 2.11 bits per heavy atom. The number of halogens is 1. The summed E-state index contributed by atoms with van der Waals surface area (Å²) in [6, 6.07) is 8.07. The van der Waals surface area contributed by atoms with Crippen molar-refractivity contribution in [1.82, 2.24) is 15.2 Å². The number of thioether (sulfide) groups is 1. The first-order valence-electron chi connectivity index (χ1n) is 7.87. The molecule has 0 bridgehead atoms. The summed E-state index contributed by atoms with van der Waals surface area (Å²) in [4.78, 5) is 27.4. The van der Waals surface area contributed by atoms with Crippen molar-refractivity contribution >= 4 is 41.4 Å². The lowest BCUT2D eigenvalue weighted by Gasteiger charge is -2.04. The Balaban J connectivity index is 1.89. The molecule has 0 saturated heterocycles. The predicted octanol–water partition coefficient (Wildman–Crippen LogP) is 4.03. The van der Waals surface area contributed by atoms with Crippen molar-refractivity contribution in [3.8, 4) is 11.3 Å². The SMILES string of the molecule is COC(=O)c1cc(-c2ccc(C=C(Sc3n[nH]c(C)n3)C(=O)O)o2)ccc1Cl. The van der Waals surface area contributed by atoms with Crippen LogP contribution >= 0.6 is 23.4 Å². The fourth-order valence-corrected chi connectivity index (χ4v) is 3.19. The zero-order chi connectivity index (χ0) is 20.3. The van der Waals surface area contributed by atoms with E-state index in [1.165, 1.54) is 13.2 Å². The summed E-state index contributed by atoms with van der Waals surface area (Å²) >= 11 is 6.92. The molecule has 0 fully saturated rings. The number of aryl methyl sites for hydroxylation is 1. The van der Waals surface area contributed by atoms with Crippen LogP contribution in [0.25, 0.3) is 17.4 Å². The zero-order valence-electron chi connectivity index (χ0n) is 14.7. The van der Waals surface area contributed by atoms with Gasteiger partial charge in [-0.3, -0.25) is 5.10 Å². The quantitative estimate of drug-likeness (QED) is 0.349. The number of ether oxygens (including phenoxy) is 1. The van der Waals surface area contributed by atoms with E-state index in [1.807, 2.05) is 0 Å². The molecule has 2 aromatic heterocycles. The molecule has 0 saturated carbocycles. The number of carboxylic acid groups (broad SMARTS) is 1. The Labute approximate surface area is 168 Å². The third-order valence-electron chi connectivity index (χ3n) is 3.55. The maximum absolute atomic E-state index is 11.8. The summed E-state index contributed by atoms with van der Waals surface area (Å²) in [5.74, 6) is -0.357. The molecule has 1 aromatic carbocycles. The van der Waals surface area contributed by atoms with E-state index in [0.717, 1.165) is 11.8 Å². The fraction of sp³-hybridized carbons (Fsp3) is 0.111. The van der Waals surface area contributed by atoms with Crippen LogP contribution in [0, 0.1) is 6.92 Å². The number of furan rings is 1. The van der Waals surface area contributed by atoms with Gasteiger partial charge in [-0.2, -0.15) is 0 Å². The Kier molecular flexibility index (Phi) is 5.86. The van der Waals surface area contributed by atoms with Crippen LogP contribution in [0.5, 0.6) is 0 Å². The first-order chi connectivity index (χ1) is 13.4. The number of benzene rings is 1. The number of esters is 1. The van der Waals surface area contributed by atoms with Gasteiger partial charge in [0.1, 0.15) is 22.3 Å². The van der Waals surface area contributed by atoms with Gasteiger partial charge in [0, 0.05) is 11.6 Å². The summed E-state index contributed by atoms with van der Waals surface area (Å²) in [6.07, 6.45) is 1.37. The first kappa shape index (κ1) is 19.7. The number of aromatic amines is 1. The van der Waals surface area contributed by atoms with Gasteiger partial charge < -0.3 is 14.3 Å². The smallest absolute Gasteiger partial charge is 0.342 e. The average molecular weight is 420 g/mol. The number of rotatable bonds is 6. The van der Waals surface area contributed by atoms with E-state index in [-0.39, 0.29) is 15.5 Å². The van der Waals surface area contributed by atoms with Crippen molar-refractivity contribution in [3.05, 3.63) is 57.4 Å². The fourth-order valence-electron chi connectivity index (χ4n) is 2.26. The van der Waals surface area contributed by atoms with Gasteiger partial charge in [-0.1, -0.05) is 11.6 Å². The number of nitrogens with zero attached hydrogens (tertiary/aromatic N) is 2. The van der Waals surface area contributed by atoms with E-state index in [2.05, 4.69) is 15.2 Å². The Bertz CT molecular complexity index is 1070. The number of aromatic nitrogens is 3. The van der Waals surface area contributed by atoms with Crippen LogP contribution in [-0.4, -0.2) is 39.3 Å². The van der Waals surface area contributed by atoms with Crippen molar-refractivity contribution < 1.29 is 23.8 Å².